The molecule has 0 atom stereocenters. The van der Waals surface area contributed by atoms with Gasteiger partial charge in [0.15, 0.2) is 0 Å². The molecular formula is C11H17NOS. The molecule has 1 fully saturated rings. The zero-order valence-electron chi connectivity index (χ0n) is 8.35. The molecule has 0 aromatic carbocycles. The highest BCUT2D eigenvalue weighted by atomic mass is 32.1. The highest BCUT2D eigenvalue weighted by Crippen LogP contribution is 2.26. The molecule has 1 aromatic heterocycles. The first-order valence-corrected chi connectivity index (χ1v) is 6.15. The molecule has 14 heavy (non-hydrogen) atoms. The molecule has 1 aromatic rings. The predicted molar refractivity (Wildman–Crippen MR) is 59.7 cm³/mol. The zero-order valence-corrected chi connectivity index (χ0v) is 9.17. The van der Waals surface area contributed by atoms with Gasteiger partial charge in [0.1, 0.15) is 0 Å². The third-order valence-electron chi connectivity index (χ3n) is 2.68. The largest absolute Gasteiger partial charge is 0.395 e. The van der Waals surface area contributed by atoms with E-state index in [9.17, 15) is 0 Å². The predicted octanol–water partition coefficient (Wildman–Crippen LogP) is 1.75. The van der Waals surface area contributed by atoms with Crippen LogP contribution in [0.3, 0.4) is 0 Å². The van der Waals surface area contributed by atoms with Gasteiger partial charge >= 0.3 is 0 Å². The molecule has 0 bridgehead atoms. The van der Waals surface area contributed by atoms with Gasteiger partial charge in [0.05, 0.1) is 6.61 Å². The van der Waals surface area contributed by atoms with E-state index in [2.05, 4.69) is 22.4 Å². The molecular weight excluding hydrogens is 194 g/mol. The normalized spacial score (nSPS) is 16.4. The second-order valence-electron chi connectivity index (χ2n) is 3.82. The number of rotatable bonds is 6. The third kappa shape index (κ3) is 2.80. The van der Waals surface area contributed by atoms with Crippen LogP contribution in [0.1, 0.15) is 17.7 Å². The van der Waals surface area contributed by atoms with Gasteiger partial charge < -0.3 is 5.11 Å². The second-order valence-corrected chi connectivity index (χ2v) is 4.85. The van der Waals surface area contributed by atoms with Crippen LogP contribution in [0.15, 0.2) is 17.5 Å². The van der Waals surface area contributed by atoms with Gasteiger partial charge in [0, 0.05) is 24.0 Å². The Balaban J connectivity index is 1.76. The molecule has 1 heterocycles. The molecule has 0 saturated heterocycles. The Labute approximate surface area is 89.2 Å². The molecule has 0 aliphatic heterocycles. The second kappa shape index (κ2) is 4.91. The summed E-state index contributed by atoms with van der Waals surface area (Å²) in [5, 5.41) is 11.1. The molecule has 2 rings (SSSR count). The first-order valence-electron chi connectivity index (χ1n) is 5.27. The van der Waals surface area contributed by atoms with Crippen LogP contribution in [-0.4, -0.2) is 35.7 Å². The summed E-state index contributed by atoms with van der Waals surface area (Å²) in [7, 11) is 0. The van der Waals surface area contributed by atoms with E-state index < -0.39 is 0 Å². The minimum Gasteiger partial charge on any atom is -0.395 e. The van der Waals surface area contributed by atoms with E-state index in [0.717, 1.165) is 25.6 Å². The summed E-state index contributed by atoms with van der Waals surface area (Å²) >= 11 is 1.83. The van der Waals surface area contributed by atoms with Crippen molar-refractivity contribution in [2.75, 3.05) is 19.7 Å². The first-order chi connectivity index (χ1) is 6.90. The minimum atomic E-state index is 0.293. The van der Waals surface area contributed by atoms with Crippen molar-refractivity contribution in [3.63, 3.8) is 0 Å². The zero-order chi connectivity index (χ0) is 9.80. The van der Waals surface area contributed by atoms with E-state index in [4.69, 9.17) is 5.11 Å². The summed E-state index contributed by atoms with van der Waals surface area (Å²) in [6, 6.07) is 5.06. The Morgan fingerprint density at radius 2 is 2.29 bits per heavy atom. The number of hydrogen-bond acceptors (Lipinski definition) is 3. The average molecular weight is 211 g/mol. The van der Waals surface area contributed by atoms with Crippen LogP contribution < -0.4 is 0 Å². The number of nitrogens with zero attached hydrogens (tertiary/aromatic N) is 1. The molecule has 3 heteroatoms. The minimum absolute atomic E-state index is 0.293. The fraction of sp³-hybridized carbons (Fsp3) is 0.636. The SMILES string of the molecule is OCCN(CCc1cccs1)C1CC1. The summed E-state index contributed by atoms with van der Waals surface area (Å²) in [5.74, 6) is 0. The Morgan fingerprint density at radius 1 is 1.43 bits per heavy atom. The lowest BCUT2D eigenvalue weighted by Gasteiger charge is -2.20. The summed E-state index contributed by atoms with van der Waals surface area (Å²) in [4.78, 5) is 3.87. The molecule has 1 aliphatic carbocycles. The number of thiophene rings is 1. The van der Waals surface area contributed by atoms with Crippen molar-refractivity contribution in [1.82, 2.24) is 4.90 Å². The Hall–Kier alpha value is -0.380. The van der Waals surface area contributed by atoms with Crippen molar-refractivity contribution in [2.45, 2.75) is 25.3 Å². The molecule has 0 spiro atoms. The molecule has 78 valence electrons. The van der Waals surface area contributed by atoms with Gasteiger partial charge in [-0.25, -0.2) is 0 Å². The number of aliphatic hydroxyl groups excluding tert-OH is 1. The lowest BCUT2D eigenvalue weighted by Crippen LogP contribution is -2.31. The number of aliphatic hydroxyl groups is 1. The Bertz CT molecular complexity index is 256. The van der Waals surface area contributed by atoms with Crippen LogP contribution in [0.5, 0.6) is 0 Å². The summed E-state index contributed by atoms with van der Waals surface area (Å²) in [6.07, 6.45) is 3.78. The first kappa shape index (κ1) is 10.1. The van der Waals surface area contributed by atoms with Crippen LogP contribution in [0.25, 0.3) is 0 Å². The fourth-order valence-electron chi connectivity index (χ4n) is 1.75. The molecule has 0 radical (unpaired) electrons. The van der Waals surface area contributed by atoms with Crippen molar-refractivity contribution in [1.29, 1.82) is 0 Å². The Kier molecular flexibility index (Phi) is 3.56. The van der Waals surface area contributed by atoms with Crippen molar-refractivity contribution in [3.8, 4) is 0 Å². The van der Waals surface area contributed by atoms with Gasteiger partial charge in [-0.1, -0.05) is 6.07 Å². The van der Waals surface area contributed by atoms with Crippen LogP contribution in [-0.2, 0) is 6.42 Å². The topological polar surface area (TPSA) is 23.5 Å². The lowest BCUT2D eigenvalue weighted by molar-refractivity contribution is 0.191. The van der Waals surface area contributed by atoms with Gasteiger partial charge in [-0.3, -0.25) is 4.90 Å². The molecule has 0 amide bonds. The standard InChI is InChI=1S/C11H17NOS/c13-8-7-12(10-3-4-10)6-5-11-2-1-9-14-11/h1-2,9-10,13H,3-8H2. The molecule has 1 saturated carbocycles. The molecule has 0 unspecified atom stereocenters. The van der Waals surface area contributed by atoms with Gasteiger partial charge in [-0.2, -0.15) is 0 Å². The Morgan fingerprint density at radius 3 is 2.86 bits per heavy atom. The van der Waals surface area contributed by atoms with E-state index in [0.29, 0.717) is 6.61 Å². The van der Waals surface area contributed by atoms with Crippen LogP contribution in [0, 0.1) is 0 Å². The van der Waals surface area contributed by atoms with Crippen molar-refractivity contribution in [3.05, 3.63) is 22.4 Å². The van der Waals surface area contributed by atoms with Gasteiger partial charge in [0.25, 0.3) is 0 Å². The quantitative estimate of drug-likeness (QED) is 0.775. The maximum Gasteiger partial charge on any atom is 0.0558 e. The smallest absolute Gasteiger partial charge is 0.0558 e. The third-order valence-corrected chi connectivity index (χ3v) is 3.61. The fourth-order valence-corrected chi connectivity index (χ4v) is 2.45. The molecule has 1 aliphatic rings. The van der Waals surface area contributed by atoms with E-state index in [1.54, 1.807) is 0 Å². The maximum atomic E-state index is 8.93. The number of hydrogen-bond donors (Lipinski definition) is 1. The van der Waals surface area contributed by atoms with Gasteiger partial charge in [-0.15, -0.1) is 11.3 Å². The van der Waals surface area contributed by atoms with E-state index >= 15 is 0 Å². The lowest BCUT2D eigenvalue weighted by atomic mass is 10.3. The van der Waals surface area contributed by atoms with Crippen LogP contribution in [0.2, 0.25) is 0 Å². The van der Waals surface area contributed by atoms with Crippen LogP contribution >= 0.6 is 11.3 Å². The summed E-state index contributed by atoms with van der Waals surface area (Å²) in [6.45, 7) is 2.24. The maximum absolute atomic E-state index is 8.93. The molecule has 2 nitrogen and oxygen atoms in total. The average Bonchev–Trinajstić information content (AvgIpc) is 2.90. The monoisotopic (exact) mass is 211 g/mol. The van der Waals surface area contributed by atoms with E-state index in [1.807, 2.05) is 11.3 Å². The highest BCUT2D eigenvalue weighted by Gasteiger charge is 2.27. The van der Waals surface area contributed by atoms with E-state index in [1.165, 1.54) is 17.7 Å². The van der Waals surface area contributed by atoms with Crippen molar-refractivity contribution < 1.29 is 5.11 Å². The van der Waals surface area contributed by atoms with Gasteiger partial charge in [-0.05, 0) is 30.7 Å². The highest BCUT2D eigenvalue weighted by molar-refractivity contribution is 7.09. The van der Waals surface area contributed by atoms with Crippen LogP contribution in [0.4, 0.5) is 0 Å². The van der Waals surface area contributed by atoms with E-state index in [-0.39, 0.29) is 0 Å². The molecule has 1 N–H and O–H groups in total. The van der Waals surface area contributed by atoms with Crippen molar-refractivity contribution in [2.24, 2.45) is 0 Å². The van der Waals surface area contributed by atoms with Crippen molar-refractivity contribution >= 4 is 11.3 Å². The van der Waals surface area contributed by atoms with Gasteiger partial charge in [0.2, 0.25) is 0 Å². The summed E-state index contributed by atoms with van der Waals surface area (Å²) < 4.78 is 0. The summed E-state index contributed by atoms with van der Waals surface area (Å²) in [5.41, 5.74) is 0.